The van der Waals surface area contributed by atoms with Crippen molar-refractivity contribution in [1.29, 1.82) is 0 Å². The molecule has 0 heterocycles. The van der Waals surface area contributed by atoms with Crippen LogP contribution < -0.4 is 10.1 Å². The topological polar surface area (TPSA) is 36.9 Å². The van der Waals surface area contributed by atoms with Gasteiger partial charge in [-0.05, 0) is 36.1 Å². The Bertz CT molecular complexity index is 627. The largest absolute Gasteiger partial charge is 0.497 e. The molecule has 0 aliphatic carbocycles. The third kappa shape index (κ3) is 7.77. The summed E-state index contributed by atoms with van der Waals surface area (Å²) < 4.78 is 5.18. The fraction of sp³-hybridized carbons (Fsp3) is 0.350. The molecule has 1 N–H and O–H groups in total. The standard InChI is InChI=1S/C20H27N3O.HI/c1-23(2)20(22-16-18-8-5-4-6-9-18)21-15-7-10-17-11-13-19(24-3)14-12-17;/h4-6,8-9,11-14H,7,10,15-16H2,1-3H3,(H,21,22);1H. The van der Waals surface area contributed by atoms with Crippen molar-refractivity contribution in [2.45, 2.75) is 19.4 Å². The first-order valence-corrected chi connectivity index (χ1v) is 8.31. The first kappa shape index (κ1) is 21.3. The van der Waals surface area contributed by atoms with Crippen molar-refractivity contribution in [3.63, 3.8) is 0 Å². The lowest BCUT2D eigenvalue weighted by Crippen LogP contribution is -2.37. The second-order valence-electron chi connectivity index (χ2n) is 5.90. The Morgan fingerprint density at radius 1 is 1.00 bits per heavy atom. The number of halogens is 1. The number of rotatable bonds is 7. The van der Waals surface area contributed by atoms with E-state index in [-0.39, 0.29) is 24.0 Å². The molecule has 0 aliphatic rings. The minimum atomic E-state index is 0. The van der Waals surface area contributed by atoms with Crippen LogP contribution in [-0.4, -0.2) is 38.6 Å². The van der Waals surface area contributed by atoms with Crippen molar-refractivity contribution >= 4 is 29.9 Å². The van der Waals surface area contributed by atoms with E-state index in [9.17, 15) is 0 Å². The highest BCUT2D eigenvalue weighted by molar-refractivity contribution is 14.0. The number of aliphatic imine (C=N–C) groups is 1. The number of benzene rings is 2. The second-order valence-corrected chi connectivity index (χ2v) is 5.90. The van der Waals surface area contributed by atoms with Crippen LogP contribution in [0.15, 0.2) is 59.6 Å². The first-order chi connectivity index (χ1) is 11.7. The molecule has 0 amide bonds. The van der Waals surface area contributed by atoms with Gasteiger partial charge in [-0.15, -0.1) is 24.0 Å². The van der Waals surface area contributed by atoms with E-state index in [4.69, 9.17) is 4.74 Å². The van der Waals surface area contributed by atoms with Crippen LogP contribution in [0.5, 0.6) is 5.75 Å². The van der Waals surface area contributed by atoms with Gasteiger partial charge in [0.05, 0.1) is 13.7 Å². The van der Waals surface area contributed by atoms with E-state index in [0.29, 0.717) is 6.54 Å². The van der Waals surface area contributed by atoms with Gasteiger partial charge in [0.2, 0.25) is 0 Å². The maximum absolute atomic E-state index is 5.18. The minimum absolute atomic E-state index is 0. The van der Waals surface area contributed by atoms with Crippen molar-refractivity contribution < 1.29 is 4.74 Å². The van der Waals surface area contributed by atoms with Crippen molar-refractivity contribution in [2.24, 2.45) is 4.99 Å². The molecule has 0 aliphatic heterocycles. The van der Waals surface area contributed by atoms with Gasteiger partial charge in [-0.3, -0.25) is 0 Å². The number of nitrogens with zero attached hydrogens (tertiary/aromatic N) is 2. The third-order valence-corrected chi connectivity index (χ3v) is 3.76. The quantitative estimate of drug-likeness (QED) is 0.299. The lowest BCUT2D eigenvalue weighted by Gasteiger charge is -2.17. The minimum Gasteiger partial charge on any atom is -0.497 e. The summed E-state index contributed by atoms with van der Waals surface area (Å²) in [6, 6.07) is 18.6. The molecule has 0 atom stereocenters. The predicted octanol–water partition coefficient (Wildman–Crippen LogP) is 3.95. The van der Waals surface area contributed by atoms with Crippen LogP contribution in [0.3, 0.4) is 0 Å². The first-order valence-electron chi connectivity index (χ1n) is 8.31. The highest BCUT2D eigenvalue weighted by Crippen LogP contribution is 2.12. The fourth-order valence-corrected chi connectivity index (χ4v) is 2.39. The summed E-state index contributed by atoms with van der Waals surface area (Å²) in [5, 5.41) is 3.43. The zero-order chi connectivity index (χ0) is 17.2. The monoisotopic (exact) mass is 453 g/mol. The van der Waals surface area contributed by atoms with Crippen LogP contribution in [0.1, 0.15) is 17.5 Å². The zero-order valence-corrected chi connectivity index (χ0v) is 17.6. The van der Waals surface area contributed by atoms with Gasteiger partial charge in [0, 0.05) is 20.6 Å². The molecule has 4 nitrogen and oxygen atoms in total. The average molecular weight is 453 g/mol. The Morgan fingerprint density at radius 3 is 2.28 bits per heavy atom. The van der Waals surface area contributed by atoms with E-state index in [0.717, 1.165) is 31.1 Å². The number of hydrogen-bond donors (Lipinski definition) is 1. The highest BCUT2D eigenvalue weighted by atomic mass is 127. The SMILES string of the molecule is COc1ccc(CCCNC(=NCc2ccccc2)N(C)C)cc1.I. The van der Waals surface area contributed by atoms with E-state index < -0.39 is 0 Å². The lowest BCUT2D eigenvalue weighted by atomic mass is 10.1. The van der Waals surface area contributed by atoms with Crippen molar-refractivity contribution in [1.82, 2.24) is 10.2 Å². The van der Waals surface area contributed by atoms with Gasteiger partial charge in [-0.1, -0.05) is 42.5 Å². The number of aryl methyl sites for hydroxylation is 1. The molecule has 2 aromatic rings. The molecule has 136 valence electrons. The van der Waals surface area contributed by atoms with E-state index >= 15 is 0 Å². The fourth-order valence-electron chi connectivity index (χ4n) is 2.39. The molecule has 0 unspecified atom stereocenters. The Hall–Kier alpha value is -1.76. The molecule has 2 rings (SSSR count). The summed E-state index contributed by atoms with van der Waals surface area (Å²) >= 11 is 0. The molecule has 0 spiro atoms. The third-order valence-electron chi connectivity index (χ3n) is 3.76. The molecule has 2 aromatic carbocycles. The van der Waals surface area contributed by atoms with Crippen molar-refractivity contribution in [3.05, 3.63) is 65.7 Å². The molecule has 0 bridgehead atoms. The molecule has 25 heavy (non-hydrogen) atoms. The molecule has 0 fully saturated rings. The van der Waals surface area contributed by atoms with Crippen LogP contribution in [-0.2, 0) is 13.0 Å². The number of ether oxygens (including phenoxy) is 1. The number of hydrogen-bond acceptors (Lipinski definition) is 2. The van der Waals surface area contributed by atoms with Gasteiger partial charge in [0.25, 0.3) is 0 Å². The van der Waals surface area contributed by atoms with Crippen LogP contribution in [0.2, 0.25) is 0 Å². The molecule has 5 heteroatoms. The number of methoxy groups -OCH3 is 1. The molecule has 0 aromatic heterocycles. The second kappa shape index (κ2) is 11.7. The Balaban J connectivity index is 0.00000312. The smallest absolute Gasteiger partial charge is 0.193 e. The van der Waals surface area contributed by atoms with Gasteiger partial charge < -0.3 is 15.0 Å². The molecule has 0 radical (unpaired) electrons. The van der Waals surface area contributed by atoms with Gasteiger partial charge in [0.1, 0.15) is 5.75 Å². The Kier molecular flexibility index (Phi) is 9.99. The van der Waals surface area contributed by atoms with Crippen LogP contribution in [0.25, 0.3) is 0 Å². The molecular weight excluding hydrogens is 425 g/mol. The van der Waals surface area contributed by atoms with E-state index in [1.54, 1.807) is 7.11 Å². The van der Waals surface area contributed by atoms with E-state index in [1.807, 2.05) is 49.3 Å². The zero-order valence-electron chi connectivity index (χ0n) is 15.2. The van der Waals surface area contributed by atoms with Gasteiger partial charge in [-0.25, -0.2) is 4.99 Å². The number of guanidine groups is 1. The van der Waals surface area contributed by atoms with Crippen molar-refractivity contribution in [3.8, 4) is 5.75 Å². The normalized spacial score (nSPS) is 10.8. The van der Waals surface area contributed by atoms with Crippen LogP contribution in [0, 0.1) is 0 Å². The summed E-state index contributed by atoms with van der Waals surface area (Å²) in [5.41, 5.74) is 2.54. The summed E-state index contributed by atoms with van der Waals surface area (Å²) in [4.78, 5) is 6.70. The van der Waals surface area contributed by atoms with Gasteiger partial charge in [-0.2, -0.15) is 0 Å². The maximum atomic E-state index is 5.18. The van der Waals surface area contributed by atoms with Crippen LogP contribution >= 0.6 is 24.0 Å². The van der Waals surface area contributed by atoms with E-state index in [1.165, 1.54) is 11.1 Å². The average Bonchev–Trinajstić information content (AvgIpc) is 2.62. The Labute approximate surface area is 168 Å². The van der Waals surface area contributed by atoms with E-state index in [2.05, 4.69) is 34.6 Å². The highest BCUT2D eigenvalue weighted by Gasteiger charge is 2.01. The molecular formula is C20H28IN3O. The lowest BCUT2D eigenvalue weighted by molar-refractivity contribution is 0.414. The van der Waals surface area contributed by atoms with Crippen LogP contribution in [0.4, 0.5) is 0 Å². The summed E-state index contributed by atoms with van der Waals surface area (Å²) in [5.74, 6) is 1.83. The van der Waals surface area contributed by atoms with Gasteiger partial charge in [0.15, 0.2) is 5.96 Å². The predicted molar refractivity (Wildman–Crippen MR) is 116 cm³/mol. The summed E-state index contributed by atoms with van der Waals surface area (Å²) in [7, 11) is 5.72. The summed E-state index contributed by atoms with van der Waals surface area (Å²) in [6.07, 6.45) is 2.10. The van der Waals surface area contributed by atoms with Gasteiger partial charge >= 0.3 is 0 Å². The summed E-state index contributed by atoms with van der Waals surface area (Å²) in [6.45, 7) is 1.59. The maximum Gasteiger partial charge on any atom is 0.193 e. The Morgan fingerprint density at radius 2 is 1.68 bits per heavy atom. The van der Waals surface area contributed by atoms with Crippen molar-refractivity contribution in [2.75, 3.05) is 27.7 Å². The number of nitrogens with one attached hydrogen (secondary N) is 1. The molecule has 0 saturated heterocycles. The molecule has 0 saturated carbocycles.